The molecule has 1 aliphatic carbocycles. The van der Waals surface area contributed by atoms with Crippen LogP contribution in [0.25, 0.3) is 22.3 Å². The Morgan fingerprint density at radius 1 is 1.10 bits per heavy atom. The number of fused-ring (bicyclic) bond motifs is 1. The molecule has 2 aromatic carbocycles. The first-order chi connectivity index (χ1) is 19.5. The van der Waals surface area contributed by atoms with Crippen molar-refractivity contribution in [1.82, 2.24) is 24.8 Å². The van der Waals surface area contributed by atoms with Crippen molar-refractivity contribution in [1.29, 1.82) is 0 Å². The van der Waals surface area contributed by atoms with Crippen molar-refractivity contribution in [2.24, 2.45) is 0 Å². The number of nitrogens with zero attached hydrogens (tertiary/aromatic N) is 5. The van der Waals surface area contributed by atoms with Crippen molar-refractivity contribution in [3.63, 3.8) is 0 Å². The number of aromatic nitrogens is 3. The van der Waals surface area contributed by atoms with Crippen LogP contribution in [-0.4, -0.2) is 83.5 Å². The molecule has 3 heterocycles. The van der Waals surface area contributed by atoms with Crippen molar-refractivity contribution in [3.8, 4) is 22.9 Å². The lowest BCUT2D eigenvalue weighted by Crippen LogP contribution is -2.44. The summed E-state index contributed by atoms with van der Waals surface area (Å²) in [4.78, 5) is 31.6. The number of likely N-dealkylation sites (N-methyl/N-ethyl adjacent to an activating group) is 2. The van der Waals surface area contributed by atoms with Gasteiger partial charge in [0.15, 0.2) is 0 Å². The first-order valence-electron chi connectivity index (χ1n) is 13.9. The highest BCUT2D eigenvalue weighted by Gasteiger charge is 2.24. The third-order valence-corrected chi connectivity index (χ3v) is 7.58. The van der Waals surface area contributed by atoms with E-state index >= 15 is 0 Å². The second-order valence-corrected chi connectivity index (χ2v) is 10.7. The summed E-state index contributed by atoms with van der Waals surface area (Å²) in [6, 6.07) is 18.6. The number of hydrogen-bond donors (Lipinski definition) is 2. The topological polar surface area (TPSA) is 89.6 Å². The number of anilines is 2. The summed E-state index contributed by atoms with van der Waals surface area (Å²) in [5.41, 5.74) is 4.62. The second kappa shape index (κ2) is 11.5. The van der Waals surface area contributed by atoms with Crippen LogP contribution in [0, 0.1) is 0 Å². The average Bonchev–Trinajstić information content (AvgIpc) is 3.72. The molecule has 1 saturated heterocycles. The minimum absolute atomic E-state index is 0.167. The van der Waals surface area contributed by atoms with E-state index in [1.54, 1.807) is 12.1 Å². The summed E-state index contributed by atoms with van der Waals surface area (Å²) >= 11 is 0. The van der Waals surface area contributed by atoms with Crippen molar-refractivity contribution in [2.45, 2.75) is 18.9 Å². The monoisotopic (exact) mass is 537 g/mol. The largest absolute Gasteiger partial charge is 0.438 e. The highest BCUT2D eigenvalue weighted by molar-refractivity contribution is 5.99. The summed E-state index contributed by atoms with van der Waals surface area (Å²) in [6.07, 6.45) is 7.46. The van der Waals surface area contributed by atoms with Crippen LogP contribution in [0.15, 0.2) is 73.1 Å². The molecule has 2 aromatic heterocycles. The summed E-state index contributed by atoms with van der Waals surface area (Å²) in [6.45, 7) is 5.01. The Hall–Kier alpha value is -4.21. The molecule has 0 spiro atoms. The fourth-order valence-electron chi connectivity index (χ4n) is 4.99. The number of piperazine rings is 1. The lowest BCUT2D eigenvalue weighted by Gasteiger charge is -2.34. The van der Waals surface area contributed by atoms with Crippen LogP contribution in [-0.2, 0) is 4.79 Å². The van der Waals surface area contributed by atoms with Gasteiger partial charge in [0.05, 0.1) is 5.39 Å². The van der Waals surface area contributed by atoms with Crippen molar-refractivity contribution < 1.29 is 9.53 Å². The van der Waals surface area contributed by atoms with E-state index in [1.807, 2.05) is 30.3 Å². The summed E-state index contributed by atoms with van der Waals surface area (Å²) in [5, 5.41) is 3.70. The maximum absolute atomic E-state index is 12.4. The van der Waals surface area contributed by atoms with Gasteiger partial charge in [0.1, 0.15) is 17.7 Å². The summed E-state index contributed by atoms with van der Waals surface area (Å²) in [5.74, 6) is 0.863. The molecule has 206 valence electrons. The molecule has 40 heavy (non-hydrogen) atoms. The predicted molar refractivity (Wildman–Crippen MR) is 159 cm³/mol. The van der Waals surface area contributed by atoms with Gasteiger partial charge >= 0.3 is 0 Å². The fraction of sp³-hybridized carbons (Fsp3) is 0.323. The molecule has 9 heteroatoms. The van der Waals surface area contributed by atoms with Gasteiger partial charge in [-0.05, 0) is 62.8 Å². The van der Waals surface area contributed by atoms with E-state index in [0.717, 1.165) is 49.4 Å². The maximum atomic E-state index is 12.4. The molecule has 9 nitrogen and oxygen atoms in total. The minimum atomic E-state index is -0.167. The van der Waals surface area contributed by atoms with E-state index in [1.165, 1.54) is 24.9 Å². The molecule has 0 radical (unpaired) electrons. The van der Waals surface area contributed by atoms with Crippen molar-refractivity contribution in [2.75, 3.05) is 57.0 Å². The molecule has 1 amide bonds. The Kier molecular flexibility index (Phi) is 7.48. The lowest BCUT2D eigenvalue weighted by atomic mass is 10.1. The van der Waals surface area contributed by atoms with Gasteiger partial charge in [-0.15, -0.1) is 0 Å². The van der Waals surface area contributed by atoms with Gasteiger partial charge in [0.2, 0.25) is 11.8 Å². The van der Waals surface area contributed by atoms with E-state index in [2.05, 4.69) is 73.3 Å². The number of rotatable bonds is 9. The molecule has 2 aliphatic rings. The molecule has 0 atom stereocenters. The standard InChI is InChI=1S/C31H35N7O2/c1-36-15-17-38(18-16-36)25-10-8-22(9-11-25)28-20-27-30(35-28)32-21-33-31(27)40-26-6-3-5-23(19-26)34-29(39)7-4-14-37(2)24-12-13-24/h3-11,19-21,24H,12-18H2,1-2H3,(H,34,39)(H,32,33,35). The molecule has 2 fully saturated rings. The van der Waals surface area contributed by atoms with Crippen LogP contribution in [0.4, 0.5) is 11.4 Å². The van der Waals surface area contributed by atoms with Gasteiger partial charge in [-0.25, -0.2) is 9.97 Å². The highest BCUT2D eigenvalue weighted by Crippen LogP contribution is 2.32. The number of amides is 1. The molecule has 4 aromatic rings. The number of H-pyrrole nitrogens is 1. The highest BCUT2D eigenvalue weighted by atomic mass is 16.5. The van der Waals surface area contributed by atoms with Crippen LogP contribution in [0.1, 0.15) is 12.8 Å². The van der Waals surface area contributed by atoms with Crippen LogP contribution in [0.3, 0.4) is 0 Å². The SMILES string of the molecule is CN1CCN(c2ccc(-c3cc4c(Oc5cccc(NC(=O)C=CCN(C)C6CC6)c5)ncnc4[nH]3)cc2)CC1. The third kappa shape index (κ3) is 6.16. The number of carbonyl (C=O) groups excluding carboxylic acids is 1. The maximum Gasteiger partial charge on any atom is 0.248 e. The second-order valence-electron chi connectivity index (χ2n) is 10.7. The summed E-state index contributed by atoms with van der Waals surface area (Å²) in [7, 11) is 4.25. The normalized spacial score (nSPS) is 16.2. The molecule has 2 N–H and O–H groups in total. The Labute approximate surface area is 234 Å². The lowest BCUT2D eigenvalue weighted by molar-refractivity contribution is -0.111. The zero-order valence-corrected chi connectivity index (χ0v) is 23.0. The molecular weight excluding hydrogens is 502 g/mol. The number of ether oxygens (including phenoxy) is 1. The zero-order chi connectivity index (χ0) is 27.5. The minimum Gasteiger partial charge on any atom is -0.438 e. The number of hydrogen-bond acceptors (Lipinski definition) is 7. The quantitative estimate of drug-likeness (QED) is 0.298. The predicted octanol–water partition coefficient (Wildman–Crippen LogP) is 4.76. The number of carbonyl (C=O) groups is 1. The van der Waals surface area contributed by atoms with Gasteiger partial charge in [0, 0.05) is 68.0 Å². The first-order valence-corrected chi connectivity index (χ1v) is 13.9. The van der Waals surface area contributed by atoms with Gasteiger partial charge < -0.3 is 24.8 Å². The molecule has 6 rings (SSSR count). The van der Waals surface area contributed by atoms with Gasteiger partial charge in [-0.1, -0.05) is 24.3 Å². The number of aromatic amines is 1. The van der Waals surface area contributed by atoms with E-state index < -0.39 is 0 Å². The van der Waals surface area contributed by atoms with Crippen LogP contribution < -0.4 is 15.0 Å². The molecule has 1 saturated carbocycles. The van der Waals surface area contributed by atoms with Gasteiger partial charge in [-0.3, -0.25) is 9.69 Å². The Morgan fingerprint density at radius 2 is 1.90 bits per heavy atom. The molecule has 0 bridgehead atoms. The third-order valence-electron chi connectivity index (χ3n) is 7.58. The Bertz CT molecular complexity index is 1500. The first kappa shape index (κ1) is 26.0. The smallest absolute Gasteiger partial charge is 0.248 e. The van der Waals surface area contributed by atoms with Gasteiger partial charge in [0.25, 0.3) is 0 Å². The number of nitrogens with one attached hydrogen (secondary N) is 2. The van der Waals surface area contributed by atoms with Crippen LogP contribution in [0.5, 0.6) is 11.6 Å². The van der Waals surface area contributed by atoms with E-state index in [4.69, 9.17) is 4.74 Å². The zero-order valence-electron chi connectivity index (χ0n) is 23.0. The average molecular weight is 538 g/mol. The van der Waals surface area contributed by atoms with Crippen LogP contribution in [0.2, 0.25) is 0 Å². The van der Waals surface area contributed by atoms with Crippen molar-refractivity contribution in [3.05, 3.63) is 73.1 Å². The molecule has 1 aliphatic heterocycles. The van der Waals surface area contributed by atoms with Crippen LogP contribution >= 0.6 is 0 Å². The van der Waals surface area contributed by atoms with E-state index in [0.29, 0.717) is 29.0 Å². The fourth-order valence-corrected chi connectivity index (χ4v) is 4.99. The number of benzene rings is 2. The molecular formula is C31H35N7O2. The van der Waals surface area contributed by atoms with Gasteiger partial charge in [-0.2, -0.15) is 0 Å². The van der Waals surface area contributed by atoms with E-state index in [-0.39, 0.29) is 5.91 Å². The van der Waals surface area contributed by atoms with Crippen molar-refractivity contribution >= 4 is 28.3 Å². The Morgan fingerprint density at radius 3 is 2.67 bits per heavy atom. The summed E-state index contributed by atoms with van der Waals surface area (Å²) < 4.78 is 6.16. The Balaban J connectivity index is 1.13. The molecule has 0 unspecified atom stereocenters. The van der Waals surface area contributed by atoms with E-state index in [9.17, 15) is 4.79 Å².